The van der Waals surface area contributed by atoms with Gasteiger partial charge in [-0.2, -0.15) is 17.6 Å². The van der Waals surface area contributed by atoms with Gasteiger partial charge in [0.1, 0.15) is 5.00 Å². The van der Waals surface area contributed by atoms with Gasteiger partial charge in [-0.3, -0.25) is 9.59 Å². The zero-order valence-electron chi connectivity index (χ0n) is 14.3. The summed E-state index contributed by atoms with van der Waals surface area (Å²) in [4.78, 5) is 25.4. The summed E-state index contributed by atoms with van der Waals surface area (Å²) in [6.45, 7) is 0. The van der Waals surface area contributed by atoms with Crippen molar-refractivity contribution in [2.45, 2.75) is 11.8 Å². The predicted molar refractivity (Wildman–Crippen MR) is 96.9 cm³/mol. The molecule has 1 amide bonds. The van der Waals surface area contributed by atoms with E-state index in [1.54, 1.807) is 18.2 Å². The molecule has 1 aliphatic rings. The number of rotatable bonds is 2. The van der Waals surface area contributed by atoms with E-state index >= 15 is 4.39 Å². The van der Waals surface area contributed by atoms with E-state index in [-0.39, 0.29) is 16.1 Å². The first kappa shape index (κ1) is 19.3. The third kappa shape index (κ3) is 2.93. The predicted octanol–water partition coefficient (Wildman–Crippen LogP) is 5.57. The van der Waals surface area contributed by atoms with Crippen molar-refractivity contribution in [1.82, 2.24) is 0 Å². The second-order valence-corrected chi connectivity index (χ2v) is 7.31. The monoisotopic (exact) mass is 423 g/mol. The molecule has 0 fully saturated rings. The summed E-state index contributed by atoms with van der Waals surface area (Å²) in [7, 11) is 0. The van der Waals surface area contributed by atoms with Crippen LogP contribution in [0.15, 0.2) is 54.6 Å². The van der Waals surface area contributed by atoms with E-state index in [4.69, 9.17) is 0 Å². The van der Waals surface area contributed by atoms with Crippen LogP contribution in [0, 0.1) is 5.13 Å². The van der Waals surface area contributed by atoms with E-state index in [2.05, 4.69) is 5.32 Å². The molecular formula is C20H10F5NO2S. The Morgan fingerprint density at radius 3 is 2.10 bits per heavy atom. The number of fused-ring (bicyclic) bond motifs is 1. The fraction of sp³-hybridized carbons (Fsp3) is 0.100. The second kappa shape index (κ2) is 6.48. The number of halogens is 5. The van der Waals surface area contributed by atoms with Crippen molar-refractivity contribution in [3.8, 4) is 11.1 Å². The summed E-state index contributed by atoms with van der Waals surface area (Å²) in [6.07, 6.45) is -4.66. The van der Waals surface area contributed by atoms with Gasteiger partial charge in [-0.05, 0) is 17.7 Å². The Morgan fingerprint density at radius 1 is 0.897 bits per heavy atom. The Hall–Kier alpha value is -3.07. The van der Waals surface area contributed by atoms with Crippen LogP contribution in [0.1, 0.15) is 21.5 Å². The van der Waals surface area contributed by atoms with Crippen LogP contribution in [0.2, 0.25) is 0 Å². The Balaban J connectivity index is 1.86. The van der Waals surface area contributed by atoms with Crippen LogP contribution >= 0.6 is 11.3 Å². The highest BCUT2D eigenvalue weighted by molar-refractivity contribution is 7.15. The molecule has 1 aliphatic heterocycles. The lowest BCUT2D eigenvalue weighted by Crippen LogP contribution is -2.47. The molecule has 4 rings (SSSR count). The molecule has 1 atom stereocenters. The molecule has 0 radical (unpaired) electrons. The lowest BCUT2D eigenvalue weighted by Gasteiger charge is -2.28. The van der Waals surface area contributed by atoms with Gasteiger partial charge in [0.2, 0.25) is 5.78 Å². The number of benzene rings is 2. The average molecular weight is 423 g/mol. The molecule has 1 unspecified atom stereocenters. The zero-order valence-corrected chi connectivity index (χ0v) is 15.1. The normalized spacial score (nSPS) is 19.1. The van der Waals surface area contributed by atoms with Crippen molar-refractivity contribution >= 4 is 28.0 Å². The summed E-state index contributed by atoms with van der Waals surface area (Å²) in [5.41, 5.74) is -5.11. The fourth-order valence-corrected chi connectivity index (χ4v) is 4.13. The minimum atomic E-state index is -4.66. The number of thiophene rings is 1. The SMILES string of the molecule is O=C1Nc2sc(F)c(-c3ccccc3)c2C(=O)C1(F)c1ccc(C(F)(F)F)cc1. The third-order valence-corrected chi connectivity index (χ3v) is 5.51. The Bertz CT molecular complexity index is 1120. The van der Waals surface area contributed by atoms with E-state index in [1.165, 1.54) is 12.1 Å². The average Bonchev–Trinajstić information content (AvgIpc) is 3.02. The molecule has 0 aliphatic carbocycles. The largest absolute Gasteiger partial charge is 0.416 e. The molecule has 3 nitrogen and oxygen atoms in total. The van der Waals surface area contributed by atoms with Crippen LogP contribution in [0.4, 0.5) is 27.0 Å². The van der Waals surface area contributed by atoms with E-state index in [0.717, 1.165) is 12.1 Å². The number of nitrogens with one attached hydrogen (secondary N) is 1. The molecule has 0 saturated heterocycles. The molecule has 0 saturated carbocycles. The first-order chi connectivity index (χ1) is 13.6. The van der Waals surface area contributed by atoms with Gasteiger partial charge in [0.15, 0.2) is 5.13 Å². The maximum atomic E-state index is 15.7. The van der Waals surface area contributed by atoms with Gasteiger partial charge >= 0.3 is 6.18 Å². The summed E-state index contributed by atoms with van der Waals surface area (Å²) >= 11 is 0.486. The van der Waals surface area contributed by atoms with E-state index in [0.29, 0.717) is 29.0 Å². The molecule has 0 bridgehead atoms. The standard InChI is InChI=1S/C20H10F5NO2S/c21-16-13(10-4-2-1-3-5-10)14-15(27)19(22,18(28)26-17(14)29-16)11-6-8-12(9-7-11)20(23,24)25/h1-9H,(H,26,28). The van der Waals surface area contributed by atoms with Gasteiger partial charge in [0, 0.05) is 11.1 Å². The van der Waals surface area contributed by atoms with Crippen molar-refractivity contribution in [3.63, 3.8) is 0 Å². The third-order valence-electron chi connectivity index (χ3n) is 4.62. The summed E-state index contributed by atoms with van der Waals surface area (Å²) in [5.74, 6) is -2.70. The number of carbonyl (C=O) groups excluding carboxylic acids is 2. The quantitative estimate of drug-likeness (QED) is 0.433. The molecule has 9 heteroatoms. The van der Waals surface area contributed by atoms with Crippen molar-refractivity contribution in [1.29, 1.82) is 0 Å². The maximum Gasteiger partial charge on any atom is 0.416 e. The molecule has 148 valence electrons. The minimum Gasteiger partial charge on any atom is -0.313 e. The number of amides is 1. The summed E-state index contributed by atoms with van der Waals surface area (Å²) in [5, 5.41) is 1.25. The number of alkyl halides is 4. The smallest absolute Gasteiger partial charge is 0.313 e. The fourth-order valence-electron chi connectivity index (χ4n) is 3.19. The maximum absolute atomic E-state index is 15.7. The van der Waals surface area contributed by atoms with Crippen LogP contribution in [0.25, 0.3) is 11.1 Å². The molecule has 0 spiro atoms. The van der Waals surface area contributed by atoms with Gasteiger partial charge in [-0.15, -0.1) is 0 Å². The van der Waals surface area contributed by atoms with Crippen LogP contribution in [-0.2, 0) is 16.6 Å². The molecule has 1 N–H and O–H groups in total. The highest BCUT2D eigenvalue weighted by atomic mass is 32.1. The number of hydrogen-bond acceptors (Lipinski definition) is 3. The zero-order chi connectivity index (χ0) is 21.0. The van der Waals surface area contributed by atoms with Gasteiger partial charge in [-0.25, -0.2) is 4.39 Å². The molecule has 1 aromatic heterocycles. The van der Waals surface area contributed by atoms with Crippen molar-refractivity contribution in [3.05, 3.63) is 76.4 Å². The van der Waals surface area contributed by atoms with Crippen molar-refractivity contribution in [2.24, 2.45) is 0 Å². The topological polar surface area (TPSA) is 46.2 Å². The van der Waals surface area contributed by atoms with Gasteiger partial charge < -0.3 is 5.32 Å². The van der Waals surface area contributed by atoms with Gasteiger partial charge in [0.05, 0.1) is 11.1 Å². The summed E-state index contributed by atoms with van der Waals surface area (Å²) in [6, 6.07) is 10.5. The molecule has 29 heavy (non-hydrogen) atoms. The lowest BCUT2D eigenvalue weighted by atomic mass is 9.82. The Kier molecular flexibility index (Phi) is 4.30. The number of carbonyl (C=O) groups is 2. The van der Waals surface area contributed by atoms with Crippen molar-refractivity contribution < 1.29 is 31.5 Å². The number of hydrogen-bond donors (Lipinski definition) is 1. The Labute approximate surface area is 164 Å². The van der Waals surface area contributed by atoms with Gasteiger partial charge in [0.25, 0.3) is 11.6 Å². The van der Waals surface area contributed by atoms with Crippen LogP contribution in [0.3, 0.4) is 0 Å². The highest BCUT2D eigenvalue weighted by Crippen LogP contribution is 2.47. The number of anilines is 1. The van der Waals surface area contributed by atoms with E-state index in [1.807, 2.05) is 0 Å². The first-order valence-electron chi connectivity index (χ1n) is 8.24. The molecule has 2 heterocycles. The number of ketones is 1. The molecular weight excluding hydrogens is 413 g/mol. The van der Waals surface area contributed by atoms with Crippen LogP contribution < -0.4 is 5.32 Å². The van der Waals surface area contributed by atoms with Crippen LogP contribution in [-0.4, -0.2) is 11.7 Å². The Morgan fingerprint density at radius 2 is 1.52 bits per heavy atom. The van der Waals surface area contributed by atoms with Crippen molar-refractivity contribution in [2.75, 3.05) is 5.32 Å². The summed E-state index contributed by atoms with van der Waals surface area (Å²) < 4.78 is 68.6. The number of Topliss-reactive ketones (excluding diaryl/α,β-unsaturated/α-hetero) is 1. The van der Waals surface area contributed by atoms with Gasteiger partial charge in [-0.1, -0.05) is 53.8 Å². The lowest BCUT2D eigenvalue weighted by molar-refractivity contribution is -0.137. The molecule has 3 aromatic rings. The molecule has 2 aromatic carbocycles. The second-order valence-electron chi connectivity index (χ2n) is 6.34. The van der Waals surface area contributed by atoms with Crippen LogP contribution in [0.5, 0.6) is 0 Å². The minimum absolute atomic E-state index is 0.142. The highest BCUT2D eigenvalue weighted by Gasteiger charge is 2.54. The van der Waals surface area contributed by atoms with E-state index < -0.39 is 39.8 Å². The first-order valence-corrected chi connectivity index (χ1v) is 9.06. The van der Waals surface area contributed by atoms with E-state index in [9.17, 15) is 27.2 Å².